The zero-order chi connectivity index (χ0) is 15.1. The Morgan fingerprint density at radius 3 is 3.00 bits per heavy atom. The first kappa shape index (κ1) is 16.0. The van der Waals surface area contributed by atoms with Crippen LogP contribution in [-0.4, -0.2) is 47.3 Å². The molecule has 0 atom stereocenters. The molecule has 0 unspecified atom stereocenters. The molecule has 0 saturated heterocycles. The lowest BCUT2D eigenvalue weighted by Gasteiger charge is -2.20. The second-order valence-electron chi connectivity index (χ2n) is 5.12. The molecule has 1 aliphatic rings. The van der Waals surface area contributed by atoms with E-state index in [0.29, 0.717) is 19.6 Å². The van der Waals surface area contributed by atoms with Gasteiger partial charge >= 0.3 is 6.03 Å². The molecule has 2 amide bonds. The van der Waals surface area contributed by atoms with Gasteiger partial charge in [-0.25, -0.2) is 9.78 Å². The van der Waals surface area contributed by atoms with Crippen molar-refractivity contribution in [3.05, 3.63) is 28.2 Å². The fourth-order valence-corrected chi connectivity index (χ4v) is 3.61. The highest BCUT2D eigenvalue weighted by molar-refractivity contribution is 7.11. The van der Waals surface area contributed by atoms with E-state index in [1.165, 1.54) is 23.4 Å². The van der Waals surface area contributed by atoms with Crippen molar-refractivity contribution >= 4 is 17.4 Å². The van der Waals surface area contributed by atoms with Crippen LogP contribution in [0.3, 0.4) is 0 Å². The van der Waals surface area contributed by atoms with Gasteiger partial charge in [0, 0.05) is 30.9 Å². The highest BCUT2D eigenvalue weighted by Gasteiger charge is 2.15. The first-order valence-corrected chi connectivity index (χ1v) is 8.28. The number of carbonyl (C=O) groups excluding carboxylic acids is 1. The molecule has 0 bridgehead atoms. The summed E-state index contributed by atoms with van der Waals surface area (Å²) in [7, 11) is 0. The number of fused-ring (bicyclic) bond motifs is 1. The molecular formula is C15H23N3O2S. The topological polar surface area (TPSA) is 65.5 Å². The number of aliphatic hydroxyl groups excluding tert-OH is 1. The van der Waals surface area contributed by atoms with Gasteiger partial charge in [0.2, 0.25) is 0 Å². The van der Waals surface area contributed by atoms with E-state index in [4.69, 9.17) is 5.11 Å². The van der Waals surface area contributed by atoms with Crippen LogP contribution in [0.5, 0.6) is 0 Å². The van der Waals surface area contributed by atoms with Crippen molar-refractivity contribution < 1.29 is 9.90 Å². The van der Waals surface area contributed by atoms with Crippen molar-refractivity contribution in [3.8, 4) is 0 Å². The first-order chi connectivity index (χ1) is 10.2. The van der Waals surface area contributed by atoms with E-state index in [0.717, 1.165) is 24.3 Å². The molecule has 0 spiro atoms. The second-order valence-corrected chi connectivity index (χ2v) is 6.29. The molecule has 116 valence electrons. The van der Waals surface area contributed by atoms with Gasteiger partial charge in [-0.05, 0) is 25.7 Å². The third-order valence-electron chi connectivity index (χ3n) is 3.51. The third kappa shape index (κ3) is 4.54. The fourth-order valence-electron chi connectivity index (χ4n) is 2.45. The van der Waals surface area contributed by atoms with Crippen LogP contribution in [0.2, 0.25) is 0 Å². The Morgan fingerprint density at radius 1 is 1.48 bits per heavy atom. The summed E-state index contributed by atoms with van der Waals surface area (Å²) in [5.74, 6) is 0. The summed E-state index contributed by atoms with van der Waals surface area (Å²) in [5.41, 5.74) is 1.26. The highest BCUT2D eigenvalue weighted by Crippen LogP contribution is 2.26. The van der Waals surface area contributed by atoms with Gasteiger partial charge in [-0.15, -0.1) is 17.9 Å². The zero-order valence-electron chi connectivity index (χ0n) is 12.3. The van der Waals surface area contributed by atoms with Crippen LogP contribution in [-0.2, 0) is 19.3 Å². The van der Waals surface area contributed by atoms with Gasteiger partial charge in [0.1, 0.15) is 0 Å². The Hall–Kier alpha value is -1.40. The maximum Gasteiger partial charge on any atom is 0.317 e. The van der Waals surface area contributed by atoms with Crippen LogP contribution in [0.4, 0.5) is 4.79 Å². The minimum Gasteiger partial charge on any atom is -0.395 e. The minimum atomic E-state index is -0.162. The zero-order valence-corrected chi connectivity index (χ0v) is 13.1. The average Bonchev–Trinajstić information content (AvgIpc) is 2.89. The fraction of sp³-hybridized carbons (Fsp3) is 0.600. The molecule has 1 heterocycles. The summed E-state index contributed by atoms with van der Waals surface area (Å²) in [6, 6.07) is -0.162. The van der Waals surface area contributed by atoms with Gasteiger partial charge in [0.25, 0.3) is 0 Å². The number of carbonyl (C=O) groups is 1. The monoisotopic (exact) mass is 309 g/mol. The molecule has 0 aliphatic heterocycles. The van der Waals surface area contributed by atoms with E-state index >= 15 is 0 Å². The standard InChI is InChI=1S/C15H23N3O2S/c1-2-9-18(10-11-19)15(20)16-8-7-14-17-12-5-3-4-6-13(12)21-14/h2,19H,1,3-11H2,(H,16,20). The number of aryl methyl sites for hydroxylation is 2. The van der Waals surface area contributed by atoms with Gasteiger partial charge in [-0.1, -0.05) is 6.08 Å². The molecule has 1 aliphatic carbocycles. The van der Waals surface area contributed by atoms with E-state index in [1.807, 2.05) is 0 Å². The molecule has 0 aromatic carbocycles. The smallest absolute Gasteiger partial charge is 0.317 e. The van der Waals surface area contributed by atoms with Gasteiger partial charge in [0.05, 0.1) is 17.3 Å². The number of amides is 2. The van der Waals surface area contributed by atoms with Crippen LogP contribution >= 0.6 is 11.3 Å². The molecular weight excluding hydrogens is 286 g/mol. The normalized spacial score (nSPS) is 13.6. The molecule has 0 saturated carbocycles. The van der Waals surface area contributed by atoms with Gasteiger partial charge in [0.15, 0.2) is 0 Å². The summed E-state index contributed by atoms with van der Waals surface area (Å²) >= 11 is 1.78. The average molecular weight is 309 g/mol. The van der Waals surface area contributed by atoms with Crippen LogP contribution < -0.4 is 5.32 Å². The first-order valence-electron chi connectivity index (χ1n) is 7.46. The van der Waals surface area contributed by atoms with E-state index in [2.05, 4.69) is 16.9 Å². The van der Waals surface area contributed by atoms with Crippen molar-refractivity contribution in [1.29, 1.82) is 0 Å². The van der Waals surface area contributed by atoms with Gasteiger partial charge in [-0.3, -0.25) is 0 Å². The molecule has 6 heteroatoms. The number of hydrogen-bond acceptors (Lipinski definition) is 4. The number of aliphatic hydroxyl groups is 1. The predicted molar refractivity (Wildman–Crippen MR) is 84.7 cm³/mol. The Labute approximate surface area is 129 Å². The lowest BCUT2D eigenvalue weighted by molar-refractivity contribution is 0.184. The predicted octanol–water partition coefficient (Wildman–Crippen LogP) is 1.75. The van der Waals surface area contributed by atoms with E-state index in [1.54, 1.807) is 22.3 Å². The largest absolute Gasteiger partial charge is 0.395 e. The summed E-state index contributed by atoms with van der Waals surface area (Å²) in [5, 5.41) is 12.9. The van der Waals surface area contributed by atoms with Crippen LogP contribution in [0.25, 0.3) is 0 Å². The number of aromatic nitrogens is 1. The summed E-state index contributed by atoms with van der Waals surface area (Å²) in [4.78, 5) is 19.6. The van der Waals surface area contributed by atoms with Crippen molar-refractivity contribution in [2.75, 3.05) is 26.2 Å². The maximum atomic E-state index is 11.9. The number of thiazole rings is 1. The van der Waals surface area contributed by atoms with Crippen molar-refractivity contribution in [2.24, 2.45) is 0 Å². The number of nitrogens with zero attached hydrogens (tertiary/aromatic N) is 2. The van der Waals surface area contributed by atoms with Crippen molar-refractivity contribution in [2.45, 2.75) is 32.1 Å². The SMILES string of the molecule is C=CCN(CCO)C(=O)NCCc1nc2c(s1)CCCC2. The Bertz CT molecular complexity index is 464. The minimum absolute atomic E-state index is 0.0412. The summed E-state index contributed by atoms with van der Waals surface area (Å²) in [6.45, 7) is 4.92. The van der Waals surface area contributed by atoms with Crippen LogP contribution in [0.1, 0.15) is 28.4 Å². The Balaban J connectivity index is 1.79. The summed E-state index contributed by atoms with van der Waals surface area (Å²) in [6.07, 6.45) is 7.19. The molecule has 21 heavy (non-hydrogen) atoms. The maximum absolute atomic E-state index is 11.9. The Kier molecular flexibility index (Phi) is 6.20. The van der Waals surface area contributed by atoms with Crippen LogP contribution in [0.15, 0.2) is 12.7 Å². The lowest BCUT2D eigenvalue weighted by Crippen LogP contribution is -2.42. The lowest BCUT2D eigenvalue weighted by atomic mass is 10.0. The van der Waals surface area contributed by atoms with E-state index < -0.39 is 0 Å². The molecule has 5 nitrogen and oxygen atoms in total. The van der Waals surface area contributed by atoms with E-state index in [-0.39, 0.29) is 12.6 Å². The molecule has 2 N–H and O–H groups in total. The van der Waals surface area contributed by atoms with Crippen molar-refractivity contribution in [1.82, 2.24) is 15.2 Å². The highest BCUT2D eigenvalue weighted by atomic mass is 32.1. The molecule has 0 radical (unpaired) electrons. The molecule has 1 aromatic heterocycles. The second kappa shape index (κ2) is 8.14. The number of hydrogen-bond donors (Lipinski definition) is 2. The van der Waals surface area contributed by atoms with Gasteiger partial charge in [-0.2, -0.15) is 0 Å². The number of urea groups is 1. The Morgan fingerprint density at radius 2 is 2.29 bits per heavy atom. The molecule has 1 aromatic rings. The summed E-state index contributed by atoms with van der Waals surface area (Å²) < 4.78 is 0. The van der Waals surface area contributed by atoms with Crippen LogP contribution in [0, 0.1) is 0 Å². The van der Waals surface area contributed by atoms with Gasteiger partial charge < -0.3 is 15.3 Å². The van der Waals surface area contributed by atoms with Crippen molar-refractivity contribution in [3.63, 3.8) is 0 Å². The quantitative estimate of drug-likeness (QED) is 0.754. The molecule has 2 rings (SSSR count). The molecule has 0 fully saturated rings. The third-order valence-corrected chi connectivity index (χ3v) is 4.73. The number of nitrogens with one attached hydrogen (secondary N) is 1. The number of rotatable bonds is 7. The van der Waals surface area contributed by atoms with E-state index in [9.17, 15) is 4.79 Å².